The van der Waals surface area contributed by atoms with E-state index in [1.54, 1.807) is 19.1 Å². The maximum absolute atomic E-state index is 12.5. The highest BCUT2D eigenvalue weighted by molar-refractivity contribution is 6.08. The van der Waals surface area contributed by atoms with Gasteiger partial charge < -0.3 is 14.9 Å². The van der Waals surface area contributed by atoms with Crippen molar-refractivity contribution in [2.24, 2.45) is 0 Å². The number of aliphatic hydroxyl groups excluding tert-OH is 2. The topological polar surface area (TPSA) is 70.1 Å². The Balaban J connectivity index is 2.38. The van der Waals surface area contributed by atoms with Gasteiger partial charge in [0.25, 0.3) is 0 Å². The molecule has 1 aliphatic heterocycles. The number of hydrogen-bond acceptors (Lipinski definition) is 4. The summed E-state index contributed by atoms with van der Waals surface area (Å²) in [5.74, 6) is -0.137. The van der Waals surface area contributed by atoms with Crippen LogP contribution in [-0.2, 0) is 9.53 Å². The molecule has 4 nitrogen and oxygen atoms in total. The van der Waals surface area contributed by atoms with Gasteiger partial charge in [-0.15, -0.1) is 0 Å². The summed E-state index contributed by atoms with van der Waals surface area (Å²) in [6, 6.07) is 0. The van der Waals surface area contributed by atoms with E-state index in [0.717, 1.165) is 5.57 Å². The maximum atomic E-state index is 12.5. The summed E-state index contributed by atoms with van der Waals surface area (Å²) in [6.07, 6.45) is 4.36. The van der Waals surface area contributed by atoms with Gasteiger partial charge in [0.15, 0.2) is 11.4 Å². The molecule has 104 valence electrons. The molecule has 4 heteroatoms. The number of Topliss-reactive ketones (excluding diaryl/α,β-unsaturated/α-hetero) is 1. The Labute approximate surface area is 113 Å². The number of epoxide rings is 1. The van der Waals surface area contributed by atoms with E-state index in [1.807, 2.05) is 19.9 Å². The molecule has 1 fully saturated rings. The summed E-state index contributed by atoms with van der Waals surface area (Å²) < 4.78 is 5.52. The Morgan fingerprint density at radius 3 is 2.68 bits per heavy atom. The van der Waals surface area contributed by atoms with Gasteiger partial charge in [0.1, 0.15) is 12.2 Å². The molecule has 0 amide bonds. The quantitative estimate of drug-likeness (QED) is 0.593. The molecule has 2 N–H and O–H groups in total. The minimum Gasteiger partial charge on any atom is -0.392 e. The van der Waals surface area contributed by atoms with Gasteiger partial charge in [-0.05, 0) is 26.3 Å². The molecule has 2 aliphatic rings. The highest BCUT2D eigenvalue weighted by Crippen LogP contribution is 2.50. The van der Waals surface area contributed by atoms with Crippen molar-refractivity contribution in [1.82, 2.24) is 0 Å². The number of carbonyl (C=O) groups is 1. The highest BCUT2D eigenvalue weighted by Gasteiger charge is 2.67. The molecule has 1 saturated heterocycles. The van der Waals surface area contributed by atoms with Crippen LogP contribution in [0.3, 0.4) is 0 Å². The van der Waals surface area contributed by atoms with Crippen molar-refractivity contribution in [1.29, 1.82) is 0 Å². The van der Waals surface area contributed by atoms with Crippen molar-refractivity contribution in [3.63, 3.8) is 0 Å². The van der Waals surface area contributed by atoms with E-state index >= 15 is 0 Å². The molecule has 0 aromatic heterocycles. The molecular weight excluding hydrogens is 244 g/mol. The van der Waals surface area contributed by atoms with Crippen LogP contribution >= 0.6 is 0 Å². The molecular formula is C15H20O4. The fourth-order valence-electron chi connectivity index (χ4n) is 2.55. The van der Waals surface area contributed by atoms with Gasteiger partial charge in [-0.25, -0.2) is 0 Å². The monoisotopic (exact) mass is 264 g/mol. The lowest BCUT2D eigenvalue weighted by atomic mass is 9.79. The van der Waals surface area contributed by atoms with Crippen molar-refractivity contribution in [2.75, 3.05) is 6.61 Å². The lowest BCUT2D eigenvalue weighted by molar-refractivity contribution is -0.120. The third-order valence-electron chi connectivity index (χ3n) is 3.68. The largest absolute Gasteiger partial charge is 0.392 e. The zero-order valence-electron chi connectivity index (χ0n) is 11.5. The normalized spacial score (nSPS) is 33.6. The predicted molar refractivity (Wildman–Crippen MR) is 71.6 cm³/mol. The van der Waals surface area contributed by atoms with Crippen LogP contribution in [0.1, 0.15) is 27.2 Å². The van der Waals surface area contributed by atoms with Gasteiger partial charge >= 0.3 is 0 Å². The Hall–Kier alpha value is -1.23. The third kappa shape index (κ3) is 2.20. The predicted octanol–water partition coefficient (Wildman–Crippen LogP) is 1.29. The first kappa shape index (κ1) is 14.2. The minimum absolute atomic E-state index is 0.137. The van der Waals surface area contributed by atoms with Crippen LogP contribution in [0.2, 0.25) is 0 Å². The van der Waals surface area contributed by atoms with Crippen molar-refractivity contribution < 1.29 is 19.7 Å². The summed E-state index contributed by atoms with van der Waals surface area (Å²) in [6.45, 7) is 5.38. The molecule has 1 aliphatic carbocycles. The standard InChI is InChI=1S/C15H20O4/c1-4-5-10-11(8-16)12(17)14-15(19-14,13(10)18)7-6-9(2)3/h4-6,12,14,16-17H,7-8H2,1-3H3. The van der Waals surface area contributed by atoms with Gasteiger partial charge in [-0.2, -0.15) is 0 Å². The van der Waals surface area contributed by atoms with E-state index < -0.39 is 17.8 Å². The number of aliphatic hydroxyl groups is 2. The van der Waals surface area contributed by atoms with Crippen LogP contribution in [0.25, 0.3) is 0 Å². The molecule has 0 spiro atoms. The van der Waals surface area contributed by atoms with Gasteiger partial charge in [0.05, 0.1) is 6.61 Å². The fraction of sp³-hybridized carbons (Fsp3) is 0.533. The molecule has 0 bridgehead atoms. The second-order valence-corrected chi connectivity index (χ2v) is 5.28. The average Bonchev–Trinajstić information content (AvgIpc) is 3.11. The summed E-state index contributed by atoms with van der Waals surface area (Å²) >= 11 is 0. The summed E-state index contributed by atoms with van der Waals surface area (Å²) in [7, 11) is 0. The van der Waals surface area contributed by atoms with E-state index in [0.29, 0.717) is 17.6 Å². The van der Waals surface area contributed by atoms with Gasteiger partial charge in [-0.1, -0.05) is 23.8 Å². The SMILES string of the molecule is CC=CC1=C(CO)C(O)C2OC2(CC=C(C)C)C1=O. The van der Waals surface area contributed by atoms with Gasteiger partial charge in [0, 0.05) is 12.0 Å². The van der Waals surface area contributed by atoms with Crippen LogP contribution in [0.4, 0.5) is 0 Å². The number of rotatable bonds is 4. The van der Waals surface area contributed by atoms with E-state index in [1.165, 1.54) is 0 Å². The Morgan fingerprint density at radius 1 is 1.47 bits per heavy atom. The Bertz CT molecular complexity index is 482. The fourth-order valence-corrected chi connectivity index (χ4v) is 2.55. The molecule has 0 aromatic carbocycles. The highest BCUT2D eigenvalue weighted by atomic mass is 16.6. The molecule has 3 unspecified atom stereocenters. The lowest BCUT2D eigenvalue weighted by Gasteiger charge is -2.23. The zero-order valence-corrected chi connectivity index (χ0v) is 11.5. The lowest BCUT2D eigenvalue weighted by Crippen LogP contribution is -2.40. The van der Waals surface area contributed by atoms with Crippen molar-refractivity contribution in [2.45, 2.75) is 45.0 Å². The van der Waals surface area contributed by atoms with Crippen molar-refractivity contribution >= 4 is 5.78 Å². The van der Waals surface area contributed by atoms with Gasteiger partial charge in [-0.3, -0.25) is 4.79 Å². The molecule has 1 heterocycles. The van der Waals surface area contributed by atoms with E-state index in [-0.39, 0.29) is 12.4 Å². The van der Waals surface area contributed by atoms with Crippen molar-refractivity contribution in [3.8, 4) is 0 Å². The van der Waals surface area contributed by atoms with Gasteiger partial charge in [0.2, 0.25) is 0 Å². The molecule has 0 aromatic rings. The van der Waals surface area contributed by atoms with E-state index in [4.69, 9.17) is 4.74 Å². The minimum atomic E-state index is -0.926. The molecule has 19 heavy (non-hydrogen) atoms. The molecule has 3 atom stereocenters. The van der Waals surface area contributed by atoms with Crippen molar-refractivity contribution in [3.05, 3.63) is 34.9 Å². The Kier molecular flexibility index (Phi) is 3.76. The molecule has 0 radical (unpaired) electrons. The number of hydrogen-bond donors (Lipinski definition) is 2. The second kappa shape index (κ2) is 5.04. The van der Waals surface area contributed by atoms with Crippen LogP contribution in [0.15, 0.2) is 34.9 Å². The molecule has 0 saturated carbocycles. The number of carbonyl (C=O) groups excluding carboxylic acids is 1. The first-order chi connectivity index (χ1) is 8.97. The smallest absolute Gasteiger partial charge is 0.197 e. The van der Waals surface area contributed by atoms with E-state index in [2.05, 4.69) is 0 Å². The number of ether oxygens (including phenoxy) is 1. The number of ketones is 1. The summed E-state index contributed by atoms with van der Waals surface area (Å²) in [4.78, 5) is 12.5. The first-order valence-corrected chi connectivity index (χ1v) is 6.48. The van der Waals surface area contributed by atoms with E-state index in [9.17, 15) is 15.0 Å². The van der Waals surface area contributed by atoms with Crippen LogP contribution in [0.5, 0.6) is 0 Å². The summed E-state index contributed by atoms with van der Waals surface area (Å²) in [5, 5.41) is 19.5. The van der Waals surface area contributed by atoms with Crippen LogP contribution in [-0.4, -0.2) is 40.4 Å². The second-order valence-electron chi connectivity index (χ2n) is 5.28. The Morgan fingerprint density at radius 2 is 2.16 bits per heavy atom. The average molecular weight is 264 g/mol. The van der Waals surface area contributed by atoms with Crippen LogP contribution in [0, 0.1) is 0 Å². The van der Waals surface area contributed by atoms with Crippen LogP contribution < -0.4 is 0 Å². The molecule has 2 rings (SSSR count). The summed E-state index contributed by atoms with van der Waals surface area (Å²) in [5.41, 5.74) is 0.923. The zero-order chi connectivity index (χ0) is 14.2. The number of allylic oxidation sites excluding steroid dienone is 3. The number of fused-ring (bicyclic) bond motifs is 1. The first-order valence-electron chi connectivity index (χ1n) is 6.48. The maximum Gasteiger partial charge on any atom is 0.197 e. The third-order valence-corrected chi connectivity index (χ3v) is 3.68.